The van der Waals surface area contributed by atoms with Crippen molar-refractivity contribution in [2.24, 2.45) is 7.05 Å². The highest BCUT2D eigenvalue weighted by molar-refractivity contribution is 7.99. The molecule has 8 heteroatoms. The fourth-order valence-electron chi connectivity index (χ4n) is 2.41. The number of non-ortho nitro benzene ring substituents is 1. The molecule has 0 aliphatic rings. The fourth-order valence-corrected chi connectivity index (χ4v) is 3.56. The smallest absolute Gasteiger partial charge is 0.269 e. The zero-order chi connectivity index (χ0) is 18.0. The van der Waals surface area contributed by atoms with Crippen molar-refractivity contribution < 1.29 is 4.92 Å². The number of nitro benzene ring substituents is 1. The minimum atomic E-state index is -0.390. The van der Waals surface area contributed by atoms with Crippen LogP contribution in [0, 0.1) is 10.1 Å². The molecule has 0 bridgehead atoms. The molecule has 3 rings (SSSR count). The van der Waals surface area contributed by atoms with Gasteiger partial charge in [0.1, 0.15) is 0 Å². The zero-order valence-corrected chi connectivity index (χ0v) is 15.2. The highest BCUT2D eigenvalue weighted by Crippen LogP contribution is 2.36. The number of thioether (sulfide) groups is 1. The molecule has 1 heterocycles. The molecule has 0 aliphatic carbocycles. The standard InChI is InChI=1S/C17H15ClN4O2S/c1-11(12-6-5-7-13(10-12)22(23)24)25-17-20-19-16(21(17)2)14-8-3-4-9-15(14)18/h3-11H,1-2H3. The minimum absolute atomic E-state index is 0.0121. The Hall–Kier alpha value is -2.38. The molecule has 6 nitrogen and oxygen atoms in total. The van der Waals surface area contributed by atoms with Gasteiger partial charge in [0.25, 0.3) is 5.69 Å². The van der Waals surface area contributed by atoms with E-state index in [-0.39, 0.29) is 10.9 Å². The van der Waals surface area contributed by atoms with E-state index in [1.165, 1.54) is 17.8 Å². The molecule has 3 aromatic rings. The first-order chi connectivity index (χ1) is 12.0. The van der Waals surface area contributed by atoms with Crippen molar-refractivity contribution in [2.45, 2.75) is 17.3 Å². The minimum Gasteiger partial charge on any atom is -0.305 e. The van der Waals surface area contributed by atoms with E-state index in [1.807, 2.05) is 48.9 Å². The predicted octanol–water partition coefficient (Wildman–Crippen LogP) is 4.90. The largest absolute Gasteiger partial charge is 0.305 e. The summed E-state index contributed by atoms with van der Waals surface area (Å²) in [4.78, 5) is 10.5. The lowest BCUT2D eigenvalue weighted by molar-refractivity contribution is -0.384. The SMILES string of the molecule is CC(Sc1nnc(-c2ccccc2Cl)n1C)c1cccc([N+](=O)[O-])c1. The number of hydrogen-bond acceptors (Lipinski definition) is 5. The van der Waals surface area contributed by atoms with Crippen LogP contribution in [0.1, 0.15) is 17.7 Å². The van der Waals surface area contributed by atoms with Crippen molar-refractivity contribution in [1.82, 2.24) is 14.8 Å². The summed E-state index contributed by atoms with van der Waals surface area (Å²) in [5, 5.41) is 20.7. The van der Waals surface area contributed by atoms with Gasteiger partial charge in [-0.15, -0.1) is 10.2 Å². The molecule has 2 aromatic carbocycles. The van der Waals surface area contributed by atoms with Gasteiger partial charge in [0.2, 0.25) is 0 Å². The third kappa shape index (κ3) is 3.67. The van der Waals surface area contributed by atoms with Crippen molar-refractivity contribution in [2.75, 3.05) is 0 Å². The Morgan fingerprint density at radius 2 is 1.96 bits per heavy atom. The zero-order valence-electron chi connectivity index (χ0n) is 13.6. The highest BCUT2D eigenvalue weighted by atomic mass is 35.5. The van der Waals surface area contributed by atoms with Gasteiger partial charge in [-0.2, -0.15) is 0 Å². The van der Waals surface area contributed by atoms with Crippen LogP contribution < -0.4 is 0 Å². The Balaban J connectivity index is 1.86. The van der Waals surface area contributed by atoms with Gasteiger partial charge in [-0.05, 0) is 24.6 Å². The third-order valence-corrected chi connectivity index (χ3v) is 5.30. The molecule has 0 spiro atoms. The van der Waals surface area contributed by atoms with Gasteiger partial charge in [-0.3, -0.25) is 10.1 Å². The molecule has 1 aromatic heterocycles. The monoisotopic (exact) mass is 374 g/mol. The lowest BCUT2D eigenvalue weighted by Crippen LogP contribution is -1.98. The van der Waals surface area contributed by atoms with Crippen molar-refractivity contribution in [3.8, 4) is 11.4 Å². The summed E-state index contributed by atoms with van der Waals surface area (Å²) in [6.45, 7) is 1.98. The van der Waals surface area contributed by atoms with Crippen LogP contribution in [0.2, 0.25) is 5.02 Å². The van der Waals surface area contributed by atoms with Crippen molar-refractivity contribution in [3.05, 3.63) is 69.2 Å². The number of nitrogens with zero attached hydrogens (tertiary/aromatic N) is 4. The van der Waals surface area contributed by atoms with Gasteiger partial charge < -0.3 is 4.57 Å². The number of rotatable bonds is 5. The molecule has 25 heavy (non-hydrogen) atoms. The average molecular weight is 375 g/mol. The normalized spacial score (nSPS) is 12.1. The molecule has 0 fully saturated rings. The lowest BCUT2D eigenvalue weighted by atomic mass is 10.1. The molecular formula is C17H15ClN4O2S. The van der Waals surface area contributed by atoms with Gasteiger partial charge in [-0.1, -0.05) is 47.6 Å². The summed E-state index contributed by atoms with van der Waals surface area (Å²) in [6.07, 6.45) is 0. The van der Waals surface area contributed by atoms with Crippen molar-refractivity contribution >= 4 is 29.1 Å². The van der Waals surface area contributed by atoms with Crippen molar-refractivity contribution in [1.29, 1.82) is 0 Å². The van der Waals surface area contributed by atoms with E-state index in [9.17, 15) is 10.1 Å². The number of nitro groups is 1. The Labute approximate surface area is 154 Å². The van der Waals surface area contributed by atoms with E-state index in [4.69, 9.17) is 11.6 Å². The predicted molar refractivity (Wildman–Crippen MR) is 98.8 cm³/mol. The van der Waals surface area contributed by atoms with Gasteiger partial charge >= 0.3 is 0 Å². The van der Waals surface area contributed by atoms with Crippen LogP contribution in [0.4, 0.5) is 5.69 Å². The van der Waals surface area contributed by atoms with Crippen LogP contribution in [-0.2, 0) is 7.05 Å². The second-order valence-electron chi connectivity index (χ2n) is 5.46. The van der Waals surface area contributed by atoms with Crippen LogP contribution in [0.5, 0.6) is 0 Å². The van der Waals surface area contributed by atoms with Crippen LogP contribution in [0.15, 0.2) is 53.7 Å². The number of hydrogen-bond donors (Lipinski definition) is 0. The average Bonchev–Trinajstić information content (AvgIpc) is 2.96. The first-order valence-electron chi connectivity index (χ1n) is 7.52. The maximum absolute atomic E-state index is 10.9. The van der Waals surface area contributed by atoms with Gasteiger partial charge in [0.15, 0.2) is 11.0 Å². The molecule has 0 amide bonds. The number of benzene rings is 2. The van der Waals surface area contributed by atoms with Gasteiger partial charge in [0.05, 0.1) is 9.95 Å². The van der Waals surface area contributed by atoms with E-state index >= 15 is 0 Å². The molecule has 128 valence electrons. The quantitative estimate of drug-likeness (QED) is 0.361. The molecule has 0 aliphatic heterocycles. The molecule has 0 saturated heterocycles. The van der Waals surface area contributed by atoms with Crippen LogP contribution in [0.25, 0.3) is 11.4 Å². The van der Waals surface area contributed by atoms with Gasteiger partial charge in [-0.25, -0.2) is 0 Å². The topological polar surface area (TPSA) is 73.8 Å². The summed E-state index contributed by atoms with van der Waals surface area (Å²) in [6, 6.07) is 14.1. The van der Waals surface area contributed by atoms with Crippen molar-refractivity contribution in [3.63, 3.8) is 0 Å². The third-order valence-electron chi connectivity index (χ3n) is 3.78. The Bertz CT molecular complexity index is 929. The summed E-state index contributed by atoms with van der Waals surface area (Å²) in [5.41, 5.74) is 1.76. The maximum atomic E-state index is 10.9. The fraction of sp³-hybridized carbons (Fsp3) is 0.176. The van der Waals surface area contributed by atoms with Crippen LogP contribution >= 0.6 is 23.4 Å². The second kappa shape index (κ2) is 7.25. The molecule has 1 atom stereocenters. The molecule has 0 saturated carbocycles. The first kappa shape index (κ1) is 17.4. The number of halogens is 1. The van der Waals surface area contributed by atoms with E-state index in [0.29, 0.717) is 16.0 Å². The maximum Gasteiger partial charge on any atom is 0.269 e. The Kier molecular flexibility index (Phi) is 5.06. The van der Waals surface area contributed by atoms with E-state index in [1.54, 1.807) is 12.1 Å². The van der Waals surface area contributed by atoms with Crippen LogP contribution in [0.3, 0.4) is 0 Å². The molecular weight excluding hydrogens is 360 g/mol. The molecule has 0 radical (unpaired) electrons. The Morgan fingerprint density at radius 3 is 2.68 bits per heavy atom. The Morgan fingerprint density at radius 1 is 1.20 bits per heavy atom. The molecule has 0 N–H and O–H groups in total. The van der Waals surface area contributed by atoms with Gasteiger partial charge in [0, 0.05) is 30.0 Å². The second-order valence-corrected chi connectivity index (χ2v) is 7.17. The summed E-state index contributed by atoms with van der Waals surface area (Å²) in [5.74, 6) is 0.680. The van der Waals surface area contributed by atoms with E-state index < -0.39 is 4.92 Å². The number of aromatic nitrogens is 3. The van der Waals surface area contributed by atoms with E-state index in [2.05, 4.69) is 10.2 Å². The summed E-state index contributed by atoms with van der Waals surface area (Å²) in [7, 11) is 1.88. The van der Waals surface area contributed by atoms with Crippen LogP contribution in [-0.4, -0.2) is 19.7 Å². The lowest BCUT2D eigenvalue weighted by Gasteiger charge is -2.11. The molecule has 1 unspecified atom stereocenters. The summed E-state index contributed by atoms with van der Waals surface area (Å²) >= 11 is 7.73. The highest BCUT2D eigenvalue weighted by Gasteiger charge is 2.18. The van der Waals surface area contributed by atoms with E-state index in [0.717, 1.165) is 11.1 Å². The first-order valence-corrected chi connectivity index (χ1v) is 8.78. The summed E-state index contributed by atoms with van der Waals surface area (Å²) < 4.78 is 1.87.